The van der Waals surface area contributed by atoms with Gasteiger partial charge in [-0.05, 0) is 48.4 Å². The Morgan fingerprint density at radius 1 is 1.10 bits per heavy atom. The number of ketones is 1. The van der Waals surface area contributed by atoms with Gasteiger partial charge in [0.05, 0.1) is 32.9 Å². The molecule has 0 aliphatic carbocycles. The van der Waals surface area contributed by atoms with Gasteiger partial charge >= 0.3 is 0 Å². The minimum absolute atomic E-state index is 0.0237. The molecule has 10 nitrogen and oxygen atoms in total. The Morgan fingerprint density at radius 3 is 2.41 bits per heavy atom. The molecule has 0 saturated carbocycles. The van der Waals surface area contributed by atoms with Crippen molar-refractivity contribution in [1.82, 2.24) is 10.2 Å². The molecule has 2 aromatic carbocycles. The number of aliphatic hydroxyl groups is 1. The summed E-state index contributed by atoms with van der Waals surface area (Å²) in [6.45, 7) is 1.69. The Kier molecular flexibility index (Phi) is 8.25. The lowest BCUT2D eigenvalue weighted by Gasteiger charge is -2.25. The van der Waals surface area contributed by atoms with Crippen LogP contribution in [0.25, 0.3) is 0 Å². The van der Waals surface area contributed by atoms with Crippen LogP contribution in [-0.2, 0) is 10.5 Å². The molecule has 0 spiro atoms. The molecule has 1 unspecified atom stereocenters. The second kappa shape index (κ2) is 11.9. The van der Waals surface area contributed by atoms with Crippen molar-refractivity contribution in [2.75, 3.05) is 26.2 Å². The van der Waals surface area contributed by atoms with Gasteiger partial charge in [-0.2, -0.15) is 0 Å². The van der Waals surface area contributed by atoms with E-state index in [0.29, 0.717) is 43.7 Å². The molecule has 1 amide bonds. The highest BCUT2D eigenvalue weighted by Gasteiger charge is 2.47. The van der Waals surface area contributed by atoms with Gasteiger partial charge in [0.15, 0.2) is 27.4 Å². The second-order valence-electron chi connectivity index (χ2n) is 8.77. The number of ether oxygens (including phenoxy) is 3. The Labute approximate surface area is 248 Å². The van der Waals surface area contributed by atoms with Crippen LogP contribution in [0.1, 0.15) is 33.5 Å². The fourth-order valence-electron chi connectivity index (χ4n) is 4.41. The predicted molar refractivity (Wildman–Crippen MR) is 155 cm³/mol. The average molecular weight is 614 g/mol. The number of amides is 1. The maximum absolute atomic E-state index is 13.7. The van der Waals surface area contributed by atoms with Crippen LogP contribution in [0.2, 0.25) is 5.02 Å². The Bertz CT molecular complexity index is 1640. The molecule has 1 N–H and O–H groups in total. The normalized spacial score (nSPS) is 15.0. The lowest BCUT2D eigenvalue weighted by atomic mass is 9.94. The van der Waals surface area contributed by atoms with E-state index in [-0.39, 0.29) is 16.5 Å². The Balaban J connectivity index is 1.58. The summed E-state index contributed by atoms with van der Waals surface area (Å²) in [6.07, 6.45) is 0. The SMILES string of the molecule is COc1cc(C2C(C(=O)c3ccc(C)o3)=C(O)C(=O)N2c2nnc(SCc3ccccc3Cl)s2)cc(OC)c1OC. The largest absolute Gasteiger partial charge is 0.503 e. The van der Waals surface area contributed by atoms with Crippen LogP contribution in [-0.4, -0.2) is 48.3 Å². The molecule has 4 aromatic rings. The number of rotatable bonds is 10. The van der Waals surface area contributed by atoms with Gasteiger partial charge in [-0.15, -0.1) is 10.2 Å². The lowest BCUT2D eigenvalue weighted by molar-refractivity contribution is -0.117. The first kappa shape index (κ1) is 28.5. The molecule has 0 radical (unpaired) electrons. The second-order valence-corrected chi connectivity index (χ2v) is 11.4. The Hall–Kier alpha value is -4.00. The van der Waals surface area contributed by atoms with Crippen LogP contribution in [0.4, 0.5) is 5.13 Å². The topological polar surface area (TPSA) is 124 Å². The number of halogens is 1. The van der Waals surface area contributed by atoms with Crippen LogP contribution in [0, 0.1) is 6.92 Å². The van der Waals surface area contributed by atoms with Crippen molar-refractivity contribution in [3.05, 3.63) is 87.5 Å². The predicted octanol–water partition coefficient (Wildman–Crippen LogP) is 6.19. The third-order valence-electron chi connectivity index (χ3n) is 6.33. The number of hydrogen-bond acceptors (Lipinski definition) is 11. The van der Waals surface area contributed by atoms with Crippen molar-refractivity contribution in [3.63, 3.8) is 0 Å². The van der Waals surface area contributed by atoms with Gasteiger partial charge in [-0.3, -0.25) is 14.5 Å². The highest BCUT2D eigenvalue weighted by molar-refractivity contribution is 8.00. The van der Waals surface area contributed by atoms with E-state index in [1.54, 1.807) is 31.2 Å². The molecular formula is C28H24ClN3O7S2. The molecule has 0 fully saturated rings. The summed E-state index contributed by atoms with van der Waals surface area (Å²) in [5, 5.41) is 20.4. The molecule has 1 aliphatic heterocycles. The monoisotopic (exact) mass is 613 g/mol. The number of nitrogens with zero attached hydrogens (tertiary/aromatic N) is 3. The molecule has 1 aliphatic rings. The van der Waals surface area contributed by atoms with Crippen molar-refractivity contribution in [1.29, 1.82) is 0 Å². The molecule has 0 bridgehead atoms. The van der Waals surface area contributed by atoms with Crippen molar-refractivity contribution < 1.29 is 33.3 Å². The number of hydrogen-bond donors (Lipinski definition) is 1. The minimum atomic E-state index is -1.11. The summed E-state index contributed by atoms with van der Waals surface area (Å²) >= 11 is 8.83. The van der Waals surface area contributed by atoms with E-state index < -0.39 is 23.5 Å². The maximum Gasteiger partial charge on any atom is 0.296 e. The number of aliphatic hydroxyl groups excluding tert-OH is 1. The number of aryl methyl sites for hydroxylation is 1. The van der Waals surface area contributed by atoms with Crippen molar-refractivity contribution in [3.8, 4) is 17.2 Å². The van der Waals surface area contributed by atoms with Gasteiger partial charge in [0.25, 0.3) is 5.91 Å². The van der Waals surface area contributed by atoms with Crippen LogP contribution in [0.15, 0.2) is 68.6 Å². The standard InChI is InChI=1S/C28H24ClN3O7S2/c1-14-9-10-18(39-14)23(33)21-22(16-11-19(36-2)25(38-4)20(12-16)37-3)32(26(35)24(21)34)27-30-31-28(41-27)40-13-15-7-5-6-8-17(15)29/h5-12,22,34H,13H2,1-4H3. The van der Waals surface area contributed by atoms with Gasteiger partial charge in [0.1, 0.15) is 5.76 Å². The summed E-state index contributed by atoms with van der Waals surface area (Å²) in [6, 6.07) is 12.7. The Morgan fingerprint density at radius 2 is 1.80 bits per heavy atom. The summed E-state index contributed by atoms with van der Waals surface area (Å²) in [5.74, 6) is -0.243. The van der Waals surface area contributed by atoms with Gasteiger partial charge in [-0.25, -0.2) is 0 Å². The molecule has 1 atom stereocenters. The zero-order chi connectivity index (χ0) is 29.3. The number of methoxy groups -OCH3 is 3. The van der Waals surface area contributed by atoms with Crippen LogP contribution < -0.4 is 19.1 Å². The number of carbonyl (C=O) groups excluding carboxylic acids is 2. The van der Waals surface area contributed by atoms with E-state index in [1.807, 2.05) is 18.2 Å². The van der Waals surface area contributed by atoms with E-state index in [4.69, 9.17) is 30.2 Å². The van der Waals surface area contributed by atoms with Gasteiger partial charge < -0.3 is 23.7 Å². The number of anilines is 1. The maximum atomic E-state index is 13.7. The molecule has 41 heavy (non-hydrogen) atoms. The first-order valence-corrected chi connectivity index (χ1v) is 14.3. The third kappa shape index (κ3) is 5.37. The van der Waals surface area contributed by atoms with E-state index in [0.717, 1.165) is 16.9 Å². The first-order valence-electron chi connectivity index (χ1n) is 12.1. The van der Waals surface area contributed by atoms with E-state index in [9.17, 15) is 14.7 Å². The number of aromatic nitrogens is 2. The highest BCUT2D eigenvalue weighted by Crippen LogP contribution is 2.48. The molecule has 5 rings (SSSR count). The van der Waals surface area contributed by atoms with E-state index in [1.165, 1.54) is 44.1 Å². The molecule has 13 heteroatoms. The first-order chi connectivity index (χ1) is 19.8. The van der Waals surface area contributed by atoms with Crippen molar-refractivity contribution in [2.45, 2.75) is 23.1 Å². The number of benzene rings is 2. The van der Waals surface area contributed by atoms with Gasteiger partial charge in [-0.1, -0.05) is 52.9 Å². The summed E-state index contributed by atoms with van der Waals surface area (Å²) in [5.41, 5.74) is 1.15. The number of carbonyl (C=O) groups is 2. The van der Waals surface area contributed by atoms with Crippen LogP contribution in [0.5, 0.6) is 17.2 Å². The van der Waals surface area contributed by atoms with Crippen molar-refractivity contribution in [2.24, 2.45) is 0 Å². The zero-order valence-corrected chi connectivity index (χ0v) is 24.7. The summed E-state index contributed by atoms with van der Waals surface area (Å²) in [7, 11) is 4.38. The fraction of sp³-hybridized carbons (Fsp3) is 0.214. The summed E-state index contributed by atoms with van der Waals surface area (Å²) in [4.78, 5) is 28.5. The van der Waals surface area contributed by atoms with Gasteiger partial charge in [0.2, 0.25) is 16.7 Å². The minimum Gasteiger partial charge on any atom is -0.503 e. The number of Topliss-reactive ketones (excluding diaryl/α,β-unsaturated/α-hetero) is 1. The van der Waals surface area contributed by atoms with Crippen molar-refractivity contribution >= 4 is 51.5 Å². The zero-order valence-electron chi connectivity index (χ0n) is 22.3. The fourth-order valence-corrected chi connectivity index (χ4v) is 6.56. The molecule has 3 heterocycles. The lowest BCUT2D eigenvalue weighted by Crippen LogP contribution is -2.31. The summed E-state index contributed by atoms with van der Waals surface area (Å²) < 4.78 is 22.6. The highest BCUT2D eigenvalue weighted by atomic mass is 35.5. The average Bonchev–Trinajstić information content (AvgIpc) is 3.69. The number of thioether (sulfide) groups is 1. The third-order valence-corrected chi connectivity index (χ3v) is 8.80. The van der Waals surface area contributed by atoms with Crippen LogP contribution in [0.3, 0.4) is 0 Å². The molecular weight excluding hydrogens is 590 g/mol. The molecule has 2 aromatic heterocycles. The molecule has 212 valence electrons. The molecule has 0 saturated heterocycles. The quantitative estimate of drug-likeness (QED) is 0.126. The smallest absolute Gasteiger partial charge is 0.296 e. The number of furan rings is 1. The van der Waals surface area contributed by atoms with Crippen LogP contribution >= 0.6 is 34.7 Å². The van der Waals surface area contributed by atoms with Gasteiger partial charge in [0, 0.05) is 10.8 Å². The van der Waals surface area contributed by atoms with E-state index in [2.05, 4.69) is 10.2 Å². The van der Waals surface area contributed by atoms with E-state index >= 15 is 0 Å².